The summed E-state index contributed by atoms with van der Waals surface area (Å²) in [5, 5.41) is 9.21. The van der Waals surface area contributed by atoms with Crippen LogP contribution >= 0.6 is 0 Å². The number of hydrogen-bond acceptors (Lipinski definition) is 3. The van der Waals surface area contributed by atoms with Gasteiger partial charge in [-0.1, -0.05) is 12.8 Å². The first-order valence-corrected chi connectivity index (χ1v) is 6.60. The zero-order valence-electron chi connectivity index (χ0n) is 10.6. The molecule has 2 unspecified atom stereocenters. The lowest BCUT2D eigenvalue weighted by Gasteiger charge is -2.35. The Morgan fingerprint density at radius 3 is 2.76 bits per heavy atom. The van der Waals surface area contributed by atoms with Gasteiger partial charge in [0.1, 0.15) is 0 Å². The lowest BCUT2D eigenvalue weighted by Crippen LogP contribution is -2.45. The van der Waals surface area contributed by atoms with Crippen LogP contribution in [0, 0.1) is 17.2 Å². The third-order valence-corrected chi connectivity index (χ3v) is 4.07. The van der Waals surface area contributed by atoms with E-state index in [9.17, 15) is 10.1 Å². The van der Waals surface area contributed by atoms with E-state index in [4.69, 9.17) is 0 Å². The quantitative estimate of drug-likeness (QED) is 0.687. The van der Waals surface area contributed by atoms with Gasteiger partial charge in [0.05, 0.1) is 18.5 Å². The Morgan fingerprint density at radius 1 is 1.24 bits per heavy atom. The standard InChI is InChI=1S/C13H21N3O/c1-15-7-4-8-16(10-13(15)17)12-6-3-2-5-11(12)9-14/h11-12H,2-8,10H2,1H3. The first-order valence-electron chi connectivity index (χ1n) is 6.60. The summed E-state index contributed by atoms with van der Waals surface area (Å²) in [6, 6.07) is 2.74. The minimum atomic E-state index is 0.125. The van der Waals surface area contributed by atoms with E-state index in [1.807, 2.05) is 11.9 Å². The molecule has 2 fully saturated rings. The zero-order chi connectivity index (χ0) is 12.3. The highest BCUT2D eigenvalue weighted by Crippen LogP contribution is 2.28. The lowest BCUT2D eigenvalue weighted by molar-refractivity contribution is -0.130. The number of nitriles is 1. The molecular weight excluding hydrogens is 214 g/mol. The Morgan fingerprint density at radius 2 is 2.00 bits per heavy atom. The summed E-state index contributed by atoms with van der Waals surface area (Å²) in [5.41, 5.74) is 0. The van der Waals surface area contributed by atoms with Crippen molar-refractivity contribution in [2.45, 2.75) is 38.1 Å². The topological polar surface area (TPSA) is 47.3 Å². The van der Waals surface area contributed by atoms with Gasteiger partial charge in [-0.2, -0.15) is 5.26 Å². The van der Waals surface area contributed by atoms with Crippen LogP contribution in [0.25, 0.3) is 0 Å². The molecule has 2 rings (SSSR count). The summed E-state index contributed by atoms with van der Waals surface area (Å²) in [6.45, 7) is 2.30. The van der Waals surface area contributed by atoms with E-state index in [1.165, 1.54) is 6.42 Å². The van der Waals surface area contributed by atoms with Gasteiger partial charge in [-0.05, 0) is 19.3 Å². The van der Waals surface area contributed by atoms with Crippen molar-refractivity contribution in [1.82, 2.24) is 9.80 Å². The highest BCUT2D eigenvalue weighted by molar-refractivity contribution is 5.78. The Labute approximate surface area is 103 Å². The lowest BCUT2D eigenvalue weighted by atomic mass is 9.84. The van der Waals surface area contributed by atoms with Gasteiger partial charge in [0.2, 0.25) is 5.91 Å². The van der Waals surface area contributed by atoms with Gasteiger partial charge in [0, 0.05) is 26.2 Å². The molecule has 0 bridgehead atoms. The van der Waals surface area contributed by atoms with Crippen LogP contribution in [0.3, 0.4) is 0 Å². The van der Waals surface area contributed by atoms with Crippen molar-refractivity contribution in [2.75, 3.05) is 26.7 Å². The number of carbonyl (C=O) groups is 1. The number of nitrogens with zero attached hydrogens (tertiary/aromatic N) is 3. The molecule has 17 heavy (non-hydrogen) atoms. The minimum Gasteiger partial charge on any atom is -0.345 e. The maximum Gasteiger partial charge on any atom is 0.236 e. The van der Waals surface area contributed by atoms with Crippen LogP contribution < -0.4 is 0 Å². The molecule has 0 aromatic rings. The van der Waals surface area contributed by atoms with Crippen LogP contribution in [-0.4, -0.2) is 48.4 Å². The van der Waals surface area contributed by atoms with Gasteiger partial charge in [-0.25, -0.2) is 0 Å². The van der Waals surface area contributed by atoms with E-state index in [0.717, 1.165) is 38.8 Å². The molecule has 0 aromatic carbocycles. The fourth-order valence-corrected chi connectivity index (χ4v) is 2.99. The SMILES string of the molecule is CN1CCCN(C2CCCCC2C#N)CC1=O. The van der Waals surface area contributed by atoms with Crippen molar-refractivity contribution in [3.05, 3.63) is 0 Å². The maximum atomic E-state index is 11.9. The Hall–Kier alpha value is -1.08. The van der Waals surface area contributed by atoms with Crippen molar-refractivity contribution in [2.24, 2.45) is 5.92 Å². The second-order valence-electron chi connectivity index (χ2n) is 5.23. The van der Waals surface area contributed by atoms with Gasteiger partial charge in [0.25, 0.3) is 0 Å². The van der Waals surface area contributed by atoms with Crippen molar-refractivity contribution in [3.63, 3.8) is 0 Å². The fraction of sp³-hybridized carbons (Fsp3) is 0.846. The molecule has 0 spiro atoms. The van der Waals surface area contributed by atoms with Crippen molar-refractivity contribution >= 4 is 5.91 Å². The van der Waals surface area contributed by atoms with Crippen molar-refractivity contribution in [3.8, 4) is 6.07 Å². The molecule has 1 saturated heterocycles. The molecule has 1 amide bonds. The van der Waals surface area contributed by atoms with Crippen LogP contribution in [0.5, 0.6) is 0 Å². The minimum absolute atomic E-state index is 0.125. The first-order chi connectivity index (χ1) is 8.22. The molecule has 1 saturated carbocycles. The molecule has 1 heterocycles. The van der Waals surface area contributed by atoms with Gasteiger partial charge in [-0.3, -0.25) is 9.69 Å². The molecule has 94 valence electrons. The predicted octanol–water partition coefficient (Wildman–Crippen LogP) is 1.23. The van der Waals surface area contributed by atoms with Crippen LogP contribution in [0.1, 0.15) is 32.1 Å². The van der Waals surface area contributed by atoms with Gasteiger partial charge in [0.15, 0.2) is 0 Å². The second-order valence-corrected chi connectivity index (χ2v) is 5.23. The highest BCUT2D eigenvalue weighted by Gasteiger charge is 2.32. The molecule has 2 atom stereocenters. The molecule has 4 heteroatoms. The van der Waals surface area contributed by atoms with Crippen LogP contribution in [0.15, 0.2) is 0 Å². The summed E-state index contributed by atoms with van der Waals surface area (Å²) in [4.78, 5) is 15.9. The molecule has 4 nitrogen and oxygen atoms in total. The Bertz CT molecular complexity index is 323. The van der Waals surface area contributed by atoms with Crippen molar-refractivity contribution in [1.29, 1.82) is 5.26 Å². The van der Waals surface area contributed by atoms with E-state index in [1.54, 1.807) is 0 Å². The molecule has 0 aromatic heterocycles. The monoisotopic (exact) mass is 235 g/mol. The van der Waals surface area contributed by atoms with Crippen molar-refractivity contribution < 1.29 is 4.79 Å². The molecular formula is C13H21N3O. The van der Waals surface area contributed by atoms with E-state index < -0.39 is 0 Å². The van der Waals surface area contributed by atoms with E-state index in [0.29, 0.717) is 12.6 Å². The summed E-state index contributed by atoms with van der Waals surface area (Å²) in [6.07, 6.45) is 5.47. The van der Waals surface area contributed by atoms with Gasteiger partial charge >= 0.3 is 0 Å². The molecule has 0 radical (unpaired) electrons. The number of rotatable bonds is 1. The summed E-state index contributed by atoms with van der Waals surface area (Å²) < 4.78 is 0. The van der Waals surface area contributed by atoms with Gasteiger partial charge in [-0.15, -0.1) is 0 Å². The smallest absolute Gasteiger partial charge is 0.236 e. The third-order valence-electron chi connectivity index (χ3n) is 4.07. The highest BCUT2D eigenvalue weighted by atomic mass is 16.2. The van der Waals surface area contributed by atoms with Crippen LogP contribution in [0.2, 0.25) is 0 Å². The number of carbonyl (C=O) groups excluding carboxylic acids is 1. The van der Waals surface area contributed by atoms with Crippen LogP contribution in [-0.2, 0) is 4.79 Å². The van der Waals surface area contributed by atoms with E-state index in [2.05, 4.69) is 11.0 Å². The zero-order valence-corrected chi connectivity index (χ0v) is 10.6. The molecule has 1 aliphatic heterocycles. The average molecular weight is 235 g/mol. The summed E-state index contributed by atoms with van der Waals surface area (Å²) in [5.74, 6) is 0.324. The van der Waals surface area contributed by atoms with Gasteiger partial charge < -0.3 is 4.90 Å². The number of amides is 1. The fourth-order valence-electron chi connectivity index (χ4n) is 2.99. The Kier molecular flexibility index (Phi) is 4.01. The van der Waals surface area contributed by atoms with Crippen LogP contribution in [0.4, 0.5) is 0 Å². The largest absolute Gasteiger partial charge is 0.345 e. The predicted molar refractivity (Wildman–Crippen MR) is 65.2 cm³/mol. The second kappa shape index (κ2) is 5.50. The van der Waals surface area contributed by atoms with E-state index in [-0.39, 0.29) is 11.8 Å². The third kappa shape index (κ3) is 2.78. The van der Waals surface area contributed by atoms with E-state index >= 15 is 0 Å². The maximum absolute atomic E-state index is 11.9. The number of likely N-dealkylation sites (N-methyl/N-ethyl adjacent to an activating group) is 1. The molecule has 1 aliphatic carbocycles. The first kappa shape index (κ1) is 12.4. The number of hydrogen-bond donors (Lipinski definition) is 0. The molecule has 0 N–H and O–H groups in total. The average Bonchev–Trinajstić information content (AvgIpc) is 2.52. The molecule has 2 aliphatic rings. The summed E-state index contributed by atoms with van der Waals surface area (Å²) >= 11 is 0. The Balaban J connectivity index is 2.04. The normalized spacial score (nSPS) is 32.0. The summed E-state index contributed by atoms with van der Waals surface area (Å²) in [7, 11) is 1.87.